The summed E-state index contributed by atoms with van der Waals surface area (Å²) < 4.78 is 10.4. The molecule has 7 heteroatoms. The second kappa shape index (κ2) is 9.03. The molecule has 4 amide bonds. The summed E-state index contributed by atoms with van der Waals surface area (Å²) in [6, 6.07) is 4.38. The number of barbiturate groups is 1. The maximum absolute atomic E-state index is 12.6. The van der Waals surface area contributed by atoms with Crippen molar-refractivity contribution < 1.29 is 23.9 Å². The number of rotatable bonds is 8. The van der Waals surface area contributed by atoms with E-state index in [1.54, 1.807) is 18.2 Å². The fourth-order valence-electron chi connectivity index (χ4n) is 2.69. The van der Waals surface area contributed by atoms with E-state index in [0.29, 0.717) is 23.5 Å². The van der Waals surface area contributed by atoms with Crippen molar-refractivity contribution >= 4 is 23.9 Å². The first-order valence-electron chi connectivity index (χ1n) is 8.62. The normalized spacial score (nSPS) is 16.0. The van der Waals surface area contributed by atoms with E-state index in [-0.39, 0.29) is 12.1 Å². The predicted molar refractivity (Wildman–Crippen MR) is 96.9 cm³/mol. The largest absolute Gasteiger partial charge is 0.497 e. The van der Waals surface area contributed by atoms with Crippen LogP contribution in [0.3, 0.4) is 0 Å². The molecule has 1 aliphatic heterocycles. The minimum Gasteiger partial charge on any atom is -0.497 e. The van der Waals surface area contributed by atoms with E-state index in [0.717, 1.165) is 24.2 Å². The lowest BCUT2D eigenvalue weighted by Crippen LogP contribution is -2.54. The summed E-state index contributed by atoms with van der Waals surface area (Å²) in [7, 11) is 3.02. The van der Waals surface area contributed by atoms with Gasteiger partial charge in [0.1, 0.15) is 17.1 Å². The SMILES string of the molecule is CCCCCCN1C(=O)NC(=O)C(=Cc2ccc(OC)cc2OC)C1=O. The molecule has 140 valence electrons. The van der Waals surface area contributed by atoms with Crippen molar-refractivity contribution in [3.63, 3.8) is 0 Å². The molecule has 7 nitrogen and oxygen atoms in total. The molecule has 1 saturated heterocycles. The first-order chi connectivity index (χ1) is 12.5. The fraction of sp³-hybridized carbons (Fsp3) is 0.421. The molecule has 0 bridgehead atoms. The lowest BCUT2D eigenvalue weighted by molar-refractivity contribution is -0.130. The minimum absolute atomic E-state index is 0.0939. The predicted octanol–water partition coefficient (Wildman–Crippen LogP) is 2.75. The molecule has 1 heterocycles. The highest BCUT2D eigenvalue weighted by Gasteiger charge is 2.35. The van der Waals surface area contributed by atoms with Gasteiger partial charge in [0.05, 0.1) is 14.2 Å². The molecule has 0 spiro atoms. The number of nitrogens with zero attached hydrogens (tertiary/aromatic N) is 1. The Labute approximate surface area is 153 Å². The molecule has 1 N–H and O–H groups in total. The summed E-state index contributed by atoms with van der Waals surface area (Å²) in [5, 5.41) is 2.22. The van der Waals surface area contributed by atoms with E-state index in [4.69, 9.17) is 9.47 Å². The van der Waals surface area contributed by atoms with Crippen LogP contribution in [0, 0.1) is 0 Å². The number of nitrogens with one attached hydrogen (secondary N) is 1. The summed E-state index contributed by atoms with van der Waals surface area (Å²) in [4.78, 5) is 37.9. The smallest absolute Gasteiger partial charge is 0.331 e. The Bertz CT molecular complexity index is 727. The molecule has 0 aliphatic carbocycles. The van der Waals surface area contributed by atoms with Crippen LogP contribution in [0.15, 0.2) is 23.8 Å². The van der Waals surface area contributed by atoms with Crippen LogP contribution in [-0.4, -0.2) is 43.5 Å². The van der Waals surface area contributed by atoms with Gasteiger partial charge in [0.15, 0.2) is 0 Å². The molecule has 0 saturated carbocycles. The van der Waals surface area contributed by atoms with Crippen molar-refractivity contribution in [3.05, 3.63) is 29.3 Å². The van der Waals surface area contributed by atoms with Crippen molar-refractivity contribution in [3.8, 4) is 11.5 Å². The number of carbonyl (C=O) groups excluding carboxylic acids is 3. The Balaban J connectivity index is 2.26. The van der Waals surface area contributed by atoms with Crippen LogP contribution in [-0.2, 0) is 9.59 Å². The third-order valence-corrected chi connectivity index (χ3v) is 4.16. The third-order valence-electron chi connectivity index (χ3n) is 4.16. The van der Waals surface area contributed by atoms with Gasteiger partial charge in [0, 0.05) is 18.2 Å². The molecule has 1 aromatic carbocycles. The van der Waals surface area contributed by atoms with Gasteiger partial charge in [0.25, 0.3) is 11.8 Å². The van der Waals surface area contributed by atoms with E-state index in [1.165, 1.54) is 20.3 Å². The number of hydrogen-bond acceptors (Lipinski definition) is 5. The van der Waals surface area contributed by atoms with Crippen LogP contribution < -0.4 is 14.8 Å². The number of urea groups is 1. The lowest BCUT2D eigenvalue weighted by atomic mass is 10.1. The average Bonchev–Trinajstić information content (AvgIpc) is 2.64. The molecule has 1 fully saturated rings. The van der Waals surface area contributed by atoms with E-state index in [2.05, 4.69) is 12.2 Å². The topological polar surface area (TPSA) is 84.9 Å². The molecule has 1 aliphatic rings. The molecular weight excluding hydrogens is 336 g/mol. The lowest BCUT2D eigenvalue weighted by Gasteiger charge is -2.26. The van der Waals surface area contributed by atoms with Gasteiger partial charge in [0.2, 0.25) is 0 Å². The van der Waals surface area contributed by atoms with Gasteiger partial charge in [-0.3, -0.25) is 19.8 Å². The fourth-order valence-corrected chi connectivity index (χ4v) is 2.69. The molecular formula is C19H24N2O5. The second-order valence-electron chi connectivity index (χ2n) is 5.94. The van der Waals surface area contributed by atoms with Gasteiger partial charge in [-0.05, 0) is 24.6 Å². The van der Waals surface area contributed by atoms with Gasteiger partial charge >= 0.3 is 6.03 Å². The number of amides is 4. The average molecular weight is 360 g/mol. The van der Waals surface area contributed by atoms with Crippen molar-refractivity contribution in [2.45, 2.75) is 32.6 Å². The monoisotopic (exact) mass is 360 g/mol. The van der Waals surface area contributed by atoms with Crippen LogP contribution in [0.4, 0.5) is 4.79 Å². The van der Waals surface area contributed by atoms with Crippen molar-refractivity contribution in [1.82, 2.24) is 10.2 Å². The van der Waals surface area contributed by atoms with Gasteiger partial charge in [-0.2, -0.15) is 0 Å². The Morgan fingerprint density at radius 3 is 2.50 bits per heavy atom. The van der Waals surface area contributed by atoms with E-state index < -0.39 is 17.8 Å². The summed E-state index contributed by atoms with van der Waals surface area (Å²) in [6.45, 7) is 2.37. The molecule has 0 aromatic heterocycles. The first kappa shape index (κ1) is 19.5. The Morgan fingerprint density at radius 2 is 1.85 bits per heavy atom. The van der Waals surface area contributed by atoms with Crippen LogP contribution >= 0.6 is 0 Å². The van der Waals surface area contributed by atoms with Gasteiger partial charge in [-0.15, -0.1) is 0 Å². The molecule has 1 aromatic rings. The molecule has 2 rings (SSSR count). The quantitative estimate of drug-likeness (QED) is 0.438. The number of methoxy groups -OCH3 is 2. The molecule has 0 atom stereocenters. The van der Waals surface area contributed by atoms with Crippen molar-refractivity contribution in [2.24, 2.45) is 0 Å². The Hall–Kier alpha value is -2.83. The second-order valence-corrected chi connectivity index (χ2v) is 5.94. The van der Waals surface area contributed by atoms with Gasteiger partial charge in [-0.1, -0.05) is 26.2 Å². The number of unbranched alkanes of at least 4 members (excludes halogenated alkanes) is 3. The number of carbonyl (C=O) groups is 3. The molecule has 26 heavy (non-hydrogen) atoms. The van der Waals surface area contributed by atoms with Crippen molar-refractivity contribution in [2.75, 3.05) is 20.8 Å². The van der Waals surface area contributed by atoms with Crippen LogP contribution in [0.5, 0.6) is 11.5 Å². The van der Waals surface area contributed by atoms with Gasteiger partial charge in [-0.25, -0.2) is 4.79 Å². The van der Waals surface area contributed by atoms with Crippen LogP contribution in [0.25, 0.3) is 6.08 Å². The summed E-state index contributed by atoms with van der Waals surface area (Å²) in [5.41, 5.74) is 0.454. The zero-order valence-electron chi connectivity index (χ0n) is 15.3. The van der Waals surface area contributed by atoms with Crippen LogP contribution in [0.1, 0.15) is 38.2 Å². The minimum atomic E-state index is -0.706. The Kier molecular flexibility index (Phi) is 6.77. The van der Waals surface area contributed by atoms with Crippen molar-refractivity contribution in [1.29, 1.82) is 0 Å². The molecule has 0 radical (unpaired) electrons. The summed E-state index contributed by atoms with van der Waals surface area (Å²) in [5.74, 6) is -0.240. The summed E-state index contributed by atoms with van der Waals surface area (Å²) in [6.07, 6.45) is 5.16. The first-order valence-corrected chi connectivity index (χ1v) is 8.62. The van der Waals surface area contributed by atoms with Crippen LogP contribution in [0.2, 0.25) is 0 Å². The zero-order valence-corrected chi connectivity index (χ0v) is 15.3. The highest BCUT2D eigenvalue weighted by Crippen LogP contribution is 2.27. The number of hydrogen-bond donors (Lipinski definition) is 1. The maximum Gasteiger partial charge on any atom is 0.331 e. The summed E-state index contributed by atoms with van der Waals surface area (Å²) >= 11 is 0. The standard InChI is InChI=1S/C19H24N2O5/c1-4-5-6-7-10-21-18(23)15(17(22)20-19(21)24)11-13-8-9-14(25-2)12-16(13)26-3/h8-9,11-12H,4-7,10H2,1-3H3,(H,20,22,24). The number of benzene rings is 1. The van der Waals surface area contributed by atoms with E-state index >= 15 is 0 Å². The number of ether oxygens (including phenoxy) is 2. The highest BCUT2D eigenvalue weighted by molar-refractivity contribution is 6.31. The third kappa shape index (κ3) is 4.41. The molecule has 0 unspecified atom stereocenters. The maximum atomic E-state index is 12.6. The zero-order chi connectivity index (χ0) is 19.1. The van der Waals surface area contributed by atoms with Gasteiger partial charge < -0.3 is 9.47 Å². The number of imide groups is 2. The van der Waals surface area contributed by atoms with E-state index in [9.17, 15) is 14.4 Å². The highest BCUT2D eigenvalue weighted by atomic mass is 16.5. The van der Waals surface area contributed by atoms with E-state index in [1.807, 2.05) is 0 Å². The Morgan fingerprint density at radius 1 is 1.08 bits per heavy atom.